The van der Waals surface area contributed by atoms with Crippen LogP contribution in [0.2, 0.25) is 0 Å². The van der Waals surface area contributed by atoms with Crippen LogP contribution < -0.4 is 36.8 Å². The Morgan fingerprint density at radius 3 is 1.84 bits per heavy atom. The summed E-state index contributed by atoms with van der Waals surface area (Å²) in [5.41, 5.74) is 0.312. The number of ether oxygens (including phenoxy) is 1. The van der Waals surface area contributed by atoms with Crippen molar-refractivity contribution in [3.05, 3.63) is 42.5 Å². The number of amides is 6. The predicted octanol–water partition coefficient (Wildman–Crippen LogP) is -0.230. The third-order valence-electron chi connectivity index (χ3n) is 5.84. The zero-order valence-corrected chi connectivity index (χ0v) is 25.2. The van der Waals surface area contributed by atoms with Crippen LogP contribution in [0.1, 0.15) is 27.7 Å². The highest BCUT2D eigenvalue weighted by Crippen LogP contribution is 2.25. The quantitative estimate of drug-likeness (QED) is 0.172. The lowest BCUT2D eigenvalue weighted by atomic mass is 10.1. The fourth-order valence-electron chi connectivity index (χ4n) is 3.68. The van der Waals surface area contributed by atoms with Crippen LogP contribution in [-0.4, -0.2) is 93.6 Å². The van der Waals surface area contributed by atoms with Gasteiger partial charge in [-0.05, 0) is 39.1 Å². The molecule has 0 unspecified atom stereocenters. The summed E-state index contributed by atoms with van der Waals surface area (Å²) in [6, 6.07) is 13.1. The first-order valence-electron chi connectivity index (χ1n) is 13.8. The van der Waals surface area contributed by atoms with Crippen molar-refractivity contribution in [2.24, 2.45) is 0 Å². The molecule has 0 aromatic heterocycles. The molecule has 2 rings (SSSR count). The number of hydrogen-bond acceptors (Lipinski definition) is 8. The van der Waals surface area contributed by atoms with E-state index < -0.39 is 61.0 Å². The van der Waals surface area contributed by atoms with Crippen molar-refractivity contribution >= 4 is 52.1 Å². The highest BCUT2D eigenvalue weighted by atomic mass is 16.6. The van der Waals surface area contributed by atoms with Crippen molar-refractivity contribution in [1.29, 1.82) is 0 Å². The summed E-state index contributed by atoms with van der Waals surface area (Å²) in [6.45, 7) is 5.87. The van der Waals surface area contributed by atoms with E-state index >= 15 is 0 Å². The number of rotatable bonds is 14. The molecule has 0 fully saturated rings. The normalized spacial score (nSPS) is 11.5. The van der Waals surface area contributed by atoms with E-state index in [1.807, 2.05) is 54.4 Å². The van der Waals surface area contributed by atoms with E-state index in [0.717, 1.165) is 16.5 Å². The minimum atomic E-state index is -0.956. The third kappa shape index (κ3) is 13.1. The summed E-state index contributed by atoms with van der Waals surface area (Å²) in [5.74, 6) is -2.88. The molecule has 6 amide bonds. The van der Waals surface area contributed by atoms with Crippen molar-refractivity contribution in [3.63, 3.8) is 0 Å². The number of benzene rings is 2. The van der Waals surface area contributed by atoms with Crippen LogP contribution in [0.15, 0.2) is 42.5 Å². The van der Waals surface area contributed by atoms with Crippen LogP contribution in [0.25, 0.3) is 10.8 Å². The summed E-state index contributed by atoms with van der Waals surface area (Å²) in [5, 5.41) is 16.7. The number of likely N-dealkylation sites (N-methyl/N-ethyl adjacent to an activating group) is 1. The van der Waals surface area contributed by atoms with Gasteiger partial charge in [-0.15, -0.1) is 0 Å². The van der Waals surface area contributed by atoms with Crippen LogP contribution in [0.3, 0.4) is 0 Å². The number of alkyl carbamates (subject to hydrolysis) is 1. The summed E-state index contributed by atoms with van der Waals surface area (Å²) in [6.07, 6.45) is -0.776. The highest BCUT2D eigenvalue weighted by Gasteiger charge is 2.21. The van der Waals surface area contributed by atoms with E-state index in [4.69, 9.17) is 4.74 Å². The SMILES string of the molecule is C[C@H](NC(=O)OC(C)(C)C)C(=O)NCC(=O)NCC(=O)NCC(=O)NCC(=O)NCCN(C)c1cccc2ccccc12. The van der Waals surface area contributed by atoms with Crippen LogP contribution in [0, 0.1) is 0 Å². The van der Waals surface area contributed by atoms with Crippen LogP contribution in [-0.2, 0) is 28.7 Å². The zero-order valence-electron chi connectivity index (χ0n) is 25.2. The van der Waals surface area contributed by atoms with Gasteiger partial charge >= 0.3 is 6.09 Å². The molecule has 0 aliphatic carbocycles. The average molecular weight is 600 g/mol. The molecule has 0 saturated carbocycles. The second-order valence-electron chi connectivity index (χ2n) is 10.7. The smallest absolute Gasteiger partial charge is 0.408 e. The van der Waals surface area contributed by atoms with Crippen molar-refractivity contribution in [1.82, 2.24) is 31.9 Å². The molecule has 2 aromatic rings. The lowest BCUT2D eigenvalue weighted by molar-refractivity contribution is -0.129. The maximum atomic E-state index is 12.1. The number of carbonyl (C=O) groups is 6. The van der Waals surface area contributed by atoms with Crippen molar-refractivity contribution in [3.8, 4) is 0 Å². The standard InChI is InChI=1S/C29H41N7O7/c1-19(35-28(42)43-29(2,3)4)27(41)34-18-26(40)33-17-25(39)32-16-24(38)31-15-23(37)30-13-14-36(5)22-12-8-10-20-9-6-7-11-21(20)22/h6-12,19H,13-18H2,1-5H3,(H,30,37)(H,31,38)(H,32,39)(H,33,40)(H,34,41)(H,35,42)/t19-/m0/s1. The van der Waals surface area contributed by atoms with Gasteiger partial charge in [0, 0.05) is 31.2 Å². The van der Waals surface area contributed by atoms with Gasteiger partial charge in [0.05, 0.1) is 26.2 Å². The number of carbonyl (C=O) groups excluding carboxylic acids is 6. The lowest BCUT2D eigenvalue weighted by Gasteiger charge is -2.21. The first kappa shape index (κ1) is 34.3. The van der Waals surface area contributed by atoms with Gasteiger partial charge in [-0.2, -0.15) is 0 Å². The Hall–Kier alpha value is -4.88. The minimum absolute atomic E-state index is 0.260. The van der Waals surface area contributed by atoms with E-state index in [1.165, 1.54) is 6.92 Å². The van der Waals surface area contributed by atoms with E-state index in [0.29, 0.717) is 13.1 Å². The van der Waals surface area contributed by atoms with Gasteiger partial charge in [0.25, 0.3) is 0 Å². The monoisotopic (exact) mass is 599 g/mol. The molecule has 14 heteroatoms. The molecule has 0 heterocycles. The molecule has 0 aliphatic heterocycles. The topological polar surface area (TPSA) is 187 Å². The Labute approximate surface area is 250 Å². The first-order valence-corrected chi connectivity index (χ1v) is 13.8. The van der Waals surface area contributed by atoms with Gasteiger partial charge in [0.1, 0.15) is 11.6 Å². The molecule has 0 aliphatic rings. The molecule has 234 valence electrons. The van der Waals surface area contributed by atoms with Gasteiger partial charge in [-0.1, -0.05) is 36.4 Å². The average Bonchev–Trinajstić information content (AvgIpc) is 2.95. The number of fused-ring (bicyclic) bond motifs is 1. The molecular weight excluding hydrogens is 558 g/mol. The molecular formula is C29H41N7O7. The van der Waals surface area contributed by atoms with Gasteiger partial charge in [0.15, 0.2) is 0 Å². The first-order chi connectivity index (χ1) is 20.2. The Morgan fingerprint density at radius 2 is 1.26 bits per heavy atom. The molecule has 0 spiro atoms. The summed E-state index contributed by atoms with van der Waals surface area (Å²) >= 11 is 0. The second-order valence-corrected chi connectivity index (χ2v) is 10.7. The van der Waals surface area contributed by atoms with Crippen molar-refractivity contribution in [2.75, 3.05) is 51.2 Å². The summed E-state index contributed by atoms with van der Waals surface area (Å²) in [7, 11) is 1.93. The molecule has 14 nitrogen and oxygen atoms in total. The Morgan fingerprint density at radius 1 is 0.744 bits per heavy atom. The third-order valence-corrected chi connectivity index (χ3v) is 5.84. The largest absolute Gasteiger partial charge is 0.444 e. The fraction of sp³-hybridized carbons (Fsp3) is 0.448. The van der Waals surface area contributed by atoms with Crippen molar-refractivity contribution < 1.29 is 33.5 Å². The zero-order chi connectivity index (χ0) is 32.0. The fourth-order valence-corrected chi connectivity index (χ4v) is 3.68. The van der Waals surface area contributed by atoms with Crippen molar-refractivity contribution in [2.45, 2.75) is 39.3 Å². The van der Waals surface area contributed by atoms with E-state index in [-0.39, 0.29) is 12.5 Å². The number of anilines is 1. The summed E-state index contributed by atoms with van der Waals surface area (Å²) in [4.78, 5) is 73.8. The molecule has 0 bridgehead atoms. The predicted molar refractivity (Wildman–Crippen MR) is 161 cm³/mol. The molecule has 1 atom stereocenters. The van der Waals surface area contributed by atoms with E-state index in [9.17, 15) is 28.8 Å². The van der Waals surface area contributed by atoms with Gasteiger partial charge in [0.2, 0.25) is 29.5 Å². The summed E-state index contributed by atoms with van der Waals surface area (Å²) < 4.78 is 5.06. The van der Waals surface area contributed by atoms with E-state index in [1.54, 1.807) is 20.8 Å². The highest BCUT2D eigenvalue weighted by molar-refractivity contribution is 5.94. The van der Waals surface area contributed by atoms with Gasteiger partial charge in [-0.3, -0.25) is 24.0 Å². The molecule has 0 radical (unpaired) electrons. The Bertz CT molecular complexity index is 1300. The molecule has 6 N–H and O–H groups in total. The number of nitrogens with zero attached hydrogens (tertiary/aromatic N) is 1. The number of nitrogens with one attached hydrogen (secondary N) is 6. The van der Waals surface area contributed by atoms with Gasteiger partial charge < -0.3 is 41.5 Å². The van der Waals surface area contributed by atoms with Crippen LogP contribution in [0.5, 0.6) is 0 Å². The minimum Gasteiger partial charge on any atom is -0.444 e. The number of hydrogen-bond donors (Lipinski definition) is 6. The Balaban J connectivity index is 1.57. The molecule has 43 heavy (non-hydrogen) atoms. The molecule has 2 aromatic carbocycles. The lowest BCUT2D eigenvalue weighted by Crippen LogP contribution is -2.49. The van der Waals surface area contributed by atoms with E-state index in [2.05, 4.69) is 31.9 Å². The second kappa shape index (κ2) is 16.5. The maximum absolute atomic E-state index is 12.1. The Kier molecular flexibility index (Phi) is 13.2. The van der Waals surface area contributed by atoms with Crippen LogP contribution >= 0.6 is 0 Å². The van der Waals surface area contributed by atoms with Gasteiger partial charge in [-0.25, -0.2) is 4.79 Å². The maximum Gasteiger partial charge on any atom is 0.408 e. The van der Waals surface area contributed by atoms with Crippen LogP contribution in [0.4, 0.5) is 10.5 Å². The molecule has 0 saturated heterocycles.